The van der Waals surface area contributed by atoms with Crippen LogP contribution in [0.15, 0.2) is 47.4 Å². The Bertz CT molecular complexity index is 956. The molecule has 0 spiro atoms. The maximum absolute atomic E-state index is 12.7. The van der Waals surface area contributed by atoms with Crippen molar-refractivity contribution in [1.29, 1.82) is 0 Å². The summed E-state index contributed by atoms with van der Waals surface area (Å²) in [6.45, 7) is 3.52. The van der Waals surface area contributed by atoms with Crippen LogP contribution in [0.2, 0.25) is 5.02 Å². The molecular weight excluding hydrogens is 402 g/mol. The lowest BCUT2D eigenvalue weighted by molar-refractivity contribution is -0.117. The molecule has 0 bridgehead atoms. The number of aromatic hydroxyl groups is 1. The molecule has 2 N–H and O–H groups in total. The Kier molecular flexibility index (Phi) is 6.24. The van der Waals surface area contributed by atoms with Gasteiger partial charge < -0.3 is 10.4 Å². The highest BCUT2D eigenvalue weighted by atomic mass is 35.5. The summed E-state index contributed by atoms with van der Waals surface area (Å²) in [6, 6.07) is 11.2. The number of carbonyl (C=O) groups is 1. The number of benzene rings is 2. The van der Waals surface area contributed by atoms with Crippen molar-refractivity contribution in [3.63, 3.8) is 0 Å². The lowest BCUT2D eigenvalue weighted by atomic mass is 10.2. The molecule has 1 amide bonds. The van der Waals surface area contributed by atoms with E-state index in [1.807, 2.05) is 11.8 Å². The molecule has 2 aromatic rings. The number of hydrogen-bond donors (Lipinski definition) is 2. The molecule has 0 unspecified atom stereocenters. The van der Waals surface area contributed by atoms with Gasteiger partial charge in [-0.1, -0.05) is 29.3 Å². The summed E-state index contributed by atoms with van der Waals surface area (Å²) in [5, 5.41) is 12.8. The van der Waals surface area contributed by atoms with Crippen molar-refractivity contribution >= 4 is 33.2 Å². The maximum atomic E-state index is 12.7. The number of carbonyl (C=O) groups excluding carboxylic acids is 1. The first kappa shape index (κ1) is 20.6. The smallest absolute Gasteiger partial charge is 0.243 e. The molecule has 0 radical (unpaired) electrons. The van der Waals surface area contributed by atoms with Crippen LogP contribution in [0.4, 0.5) is 5.69 Å². The summed E-state index contributed by atoms with van der Waals surface area (Å²) in [7, 11) is -3.53. The predicted octanol–water partition coefficient (Wildman–Crippen LogP) is 2.30. The van der Waals surface area contributed by atoms with Crippen LogP contribution in [0.1, 0.15) is 5.56 Å². The van der Waals surface area contributed by atoms with Crippen LogP contribution in [0.25, 0.3) is 0 Å². The van der Waals surface area contributed by atoms with Crippen LogP contribution < -0.4 is 5.32 Å². The molecule has 1 aliphatic rings. The third-order valence-corrected chi connectivity index (χ3v) is 6.74. The quantitative estimate of drug-likeness (QED) is 0.720. The molecule has 1 heterocycles. The molecule has 0 atom stereocenters. The molecule has 1 fully saturated rings. The van der Waals surface area contributed by atoms with E-state index in [1.165, 1.54) is 22.5 Å². The standard InChI is InChI=1S/C19H22ClN3O4S/c1-14-2-5-16(6-3-14)28(26,27)23-10-8-22(9-11-23)13-19(25)21-17-12-15(20)4-7-18(17)24/h2-7,12,24H,8-11,13H2,1H3,(H,21,25). The average molecular weight is 424 g/mol. The summed E-state index contributed by atoms with van der Waals surface area (Å²) >= 11 is 5.87. The van der Waals surface area contributed by atoms with E-state index in [-0.39, 0.29) is 28.8 Å². The monoisotopic (exact) mass is 423 g/mol. The highest BCUT2D eigenvalue weighted by Gasteiger charge is 2.29. The van der Waals surface area contributed by atoms with Crippen LogP contribution in [0.3, 0.4) is 0 Å². The minimum atomic E-state index is -3.53. The zero-order valence-electron chi connectivity index (χ0n) is 15.4. The van der Waals surface area contributed by atoms with Crippen molar-refractivity contribution in [3.8, 4) is 5.75 Å². The third kappa shape index (κ3) is 4.82. The number of piperazine rings is 1. The van der Waals surface area contributed by atoms with Crippen molar-refractivity contribution in [1.82, 2.24) is 9.21 Å². The average Bonchev–Trinajstić information content (AvgIpc) is 2.65. The number of nitrogens with zero attached hydrogens (tertiary/aromatic N) is 2. The molecule has 0 saturated carbocycles. The van der Waals surface area contributed by atoms with Gasteiger partial charge in [0.25, 0.3) is 0 Å². The number of phenolic OH excluding ortho intramolecular Hbond substituents is 1. The Hall–Kier alpha value is -2.13. The Labute approximate surface area is 169 Å². The zero-order valence-corrected chi connectivity index (χ0v) is 17.0. The predicted molar refractivity (Wildman–Crippen MR) is 108 cm³/mol. The zero-order chi connectivity index (χ0) is 20.3. The first-order chi connectivity index (χ1) is 13.3. The SMILES string of the molecule is Cc1ccc(S(=O)(=O)N2CCN(CC(=O)Nc3cc(Cl)ccc3O)CC2)cc1. The number of phenols is 1. The van der Waals surface area contributed by atoms with Crippen LogP contribution in [0.5, 0.6) is 5.75 Å². The fourth-order valence-electron chi connectivity index (χ4n) is 2.99. The molecule has 9 heteroatoms. The van der Waals surface area contributed by atoms with E-state index in [9.17, 15) is 18.3 Å². The second kappa shape index (κ2) is 8.48. The second-order valence-electron chi connectivity index (χ2n) is 6.70. The Morgan fingerprint density at radius 2 is 1.75 bits per heavy atom. The summed E-state index contributed by atoms with van der Waals surface area (Å²) in [4.78, 5) is 14.4. The van der Waals surface area contributed by atoms with Gasteiger partial charge in [-0.2, -0.15) is 4.31 Å². The lowest BCUT2D eigenvalue weighted by Crippen LogP contribution is -2.50. The minimum absolute atomic E-state index is 0.0632. The number of hydrogen-bond acceptors (Lipinski definition) is 5. The largest absolute Gasteiger partial charge is 0.506 e. The van der Waals surface area contributed by atoms with E-state index in [4.69, 9.17) is 11.6 Å². The second-order valence-corrected chi connectivity index (χ2v) is 9.08. The van der Waals surface area contributed by atoms with Gasteiger partial charge in [0, 0.05) is 31.2 Å². The number of amides is 1. The number of halogens is 1. The molecular formula is C19H22ClN3O4S. The number of nitrogens with one attached hydrogen (secondary N) is 1. The van der Waals surface area contributed by atoms with Gasteiger partial charge >= 0.3 is 0 Å². The van der Waals surface area contributed by atoms with E-state index >= 15 is 0 Å². The Balaban J connectivity index is 1.55. The van der Waals surface area contributed by atoms with E-state index in [2.05, 4.69) is 5.32 Å². The van der Waals surface area contributed by atoms with E-state index in [0.717, 1.165) is 5.56 Å². The van der Waals surface area contributed by atoms with Gasteiger partial charge in [-0.3, -0.25) is 9.69 Å². The molecule has 7 nitrogen and oxygen atoms in total. The molecule has 150 valence electrons. The van der Waals surface area contributed by atoms with Crippen LogP contribution in [-0.4, -0.2) is 61.4 Å². The molecule has 0 aliphatic carbocycles. The highest BCUT2D eigenvalue weighted by Crippen LogP contribution is 2.26. The summed E-state index contributed by atoms with van der Waals surface area (Å²) < 4.78 is 26.9. The van der Waals surface area contributed by atoms with Crippen molar-refractivity contribution in [2.45, 2.75) is 11.8 Å². The molecule has 0 aromatic heterocycles. The van der Waals surface area contributed by atoms with E-state index in [1.54, 1.807) is 24.3 Å². The van der Waals surface area contributed by atoms with Gasteiger partial charge in [0.1, 0.15) is 5.75 Å². The summed E-state index contributed by atoms with van der Waals surface area (Å²) in [5.74, 6) is -0.362. The Morgan fingerprint density at radius 1 is 1.11 bits per heavy atom. The fourth-order valence-corrected chi connectivity index (χ4v) is 4.58. The molecule has 28 heavy (non-hydrogen) atoms. The Morgan fingerprint density at radius 3 is 2.39 bits per heavy atom. The lowest BCUT2D eigenvalue weighted by Gasteiger charge is -2.33. The van der Waals surface area contributed by atoms with Crippen molar-refractivity contribution in [2.75, 3.05) is 38.0 Å². The molecule has 3 rings (SSSR count). The van der Waals surface area contributed by atoms with Crippen molar-refractivity contribution in [2.24, 2.45) is 0 Å². The van der Waals surface area contributed by atoms with Gasteiger partial charge in [-0.15, -0.1) is 0 Å². The normalized spacial score (nSPS) is 16.1. The van der Waals surface area contributed by atoms with Crippen molar-refractivity contribution in [3.05, 3.63) is 53.1 Å². The topological polar surface area (TPSA) is 90.0 Å². The number of sulfonamides is 1. The van der Waals surface area contributed by atoms with E-state index < -0.39 is 10.0 Å². The van der Waals surface area contributed by atoms with Gasteiger partial charge in [0.05, 0.1) is 17.1 Å². The molecule has 1 aliphatic heterocycles. The van der Waals surface area contributed by atoms with E-state index in [0.29, 0.717) is 31.2 Å². The van der Waals surface area contributed by atoms with Crippen LogP contribution in [0, 0.1) is 6.92 Å². The number of aryl methyl sites for hydroxylation is 1. The maximum Gasteiger partial charge on any atom is 0.243 e. The molecule has 2 aromatic carbocycles. The van der Waals surface area contributed by atoms with Crippen LogP contribution in [-0.2, 0) is 14.8 Å². The van der Waals surface area contributed by atoms with Gasteiger partial charge in [0.15, 0.2) is 0 Å². The summed E-state index contributed by atoms with van der Waals surface area (Å²) in [5.41, 5.74) is 1.25. The first-order valence-corrected chi connectivity index (χ1v) is 10.6. The van der Waals surface area contributed by atoms with Crippen molar-refractivity contribution < 1.29 is 18.3 Å². The molecule has 1 saturated heterocycles. The van der Waals surface area contributed by atoms with Crippen LogP contribution >= 0.6 is 11.6 Å². The van der Waals surface area contributed by atoms with Gasteiger partial charge in [-0.05, 0) is 37.3 Å². The van der Waals surface area contributed by atoms with Gasteiger partial charge in [-0.25, -0.2) is 8.42 Å². The fraction of sp³-hybridized carbons (Fsp3) is 0.316. The number of rotatable bonds is 5. The first-order valence-electron chi connectivity index (χ1n) is 8.83. The highest BCUT2D eigenvalue weighted by molar-refractivity contribution is 7.89. The minimum Gasteiger partial charge on any atom is -0.506 e. The third-order valence-electron chi connectivity index (χ3n) is 4.59. The van der Waals surface area contributed by atoms with Gasteiger partial charge in [0.2, 0.25) is 15.9 Å². The summed E-state index contributed by atoms with van der Waals surface area (Å²) in [6.07, 6.45) is 0. The number of anilines is 1.